The van der Waals surface area contributed by atoms with Crippen molar-refractivity contribution in [3.05, 3.63) is 101 Å². The lowest BCUT2D eigenvalue weighted by molar-refractivity contribution is -0.139. The third-order valence-electron chi connectivity index (χ3n) is 6.79. The Morgan fingerprint density at radius 3 is 2.30 bits per heavy atom. The molecular formula is C30H31ClO6. The maximum absolute atomic E-state index is 11.3. The Morgan fingerprint density at radius 2 is 1.68 bits per heavy atom. The smallest absolute Gasteiger partial charge is 0.341 e. The summed E-state index contributed by atoms with van der Waals surface area (Å²) in [6.07, 6.45) is -0.0379. The number of carboxylic acids is 1. The monoisotopic (exact) mass is 522 g/mol. The quantitative estimate of drug-likeness (QED) is 0.305. The predicted molar refractivity (Wildman–Crippen MR) is 143 cm³/mol. The van der Waals surface area contributed by atoms with Gasteiger partial charge in [0.1, 0.15) is 17.2 Å². The summed E-state index contributed by atoms with van der Waals surface area (Å²) in [4.78, 5) is 11.3. The first-order chi connectivity index (χ1) is 17.8. The third-order valence-corrected chi connectivity index (χ3v) is 7.14. The Hall–Kier alpha value is -3.48. The van der Waals surface area contributed by atoms with Crippen LogP contribution in [0, 0.1) is 5.92 Å². The molecule has 3 aromatic rings. The zero-order valence-corrected chi connectivity index (χ0v) is 21.9. The zero-order valence-electron chi connectivity index (χ0n) is 21.1. The molecule has 0 spiro atoms. The van der Waals surface area contributed by atoms with Crippen molar-refractivity contribution in [3.63, 3.8) is 0 Å². The Kier molecular flexibility index (Phi) is 8.41. The van der Waals surface area contributed by atoms with Crippen molar-refractivity contribution in [3.8, 4) is 17.2 Å². The first-order valence-corrected chi connectivity index (χ1v) is 12.4. The Morgan fingerprint density at radius 1 is 1.00 bits per heavy atom. The first kappa shape index (κ1) is 26.6. The number of ether oxygens (including phenoxy) is 4. The van der Waals surface area contributed by atoms with Crippen molar-refractivity contribution >= 4 is 17.6 Å². The van der Waals surface area contributed by atoms with E-state index in [-0.39, 0.29) is 17.9 Å². The molecule has 0 bridgehead atoms. The Balaban J connectivity index is 1.81. The maximum Gasteiger partial charge on any atom is 0.341 e. The molecule has 0 aromatic heterocycles. The summed E-state index contributed by atoms with van der Waals surface area (Å²) >= 11 is 6.68. The molecule has 1 fully saturated rings. The van der Waals surface area contributed by atoms with E-state index >= 15 is 0 Å². The lowest BCUT2D eigenvalue weighted by atomic mass is 9.74. The fourth-order valence-corrected chi connectivity index (χ4v) is 5.21. The fraction of sp³-hybridized carbons (Fsp3) is 0.300. The van der Waals surface area contributed by atoms with Crippen molar-refractivity contribution in [2.75, 3.05) is 20.8 Å². The van der Waals surface area contributed by atoms with Crippen LogP contribution in [0.3, 0.4) is 0 Å². The zero-order chi connectivity index (χ0) is 26.5. The van der Waals surface area contributed by atoms with Crippen LogP contribution in [0.4, 0.5) is 0 Å². The van der Waals surface area contributed by atoms with Gasteiger partial charge >= 0.3 is 5.97 Å². The number of hydrogen-bond acceptors (Lipinski definition) is 5. The van der Waals surface area contributed by atoms with E-state index in [1.807, 2.05) is 67.6 Å². The predicted octanol–water partition coefficient (Wildman–Crippen LogP) is 7.00. The van der Waals surface area contributed by atoms with E-state index in [9.17, 15) is 9.90 Å². The Labute approximate surface area is 222 Å². The summed E-state index contributed by atoms with van der Waals surface area (Å²) in [5, 5.41) is 9.92. The lowest BCUT2D eigenvalue weighted by Crippen LogP contribution is -2.32. The summed E-state index contributed by atoms with van der Waals surface area (Å²) in [5.74, 6) is 0.544. The normalized spacial score (nSPS) is 21.2. The standard InChI is InChI=1S/C30H31ClO6/c1-18(2)24-16-25(22-7-5-6-8-26(22)31)29(19-9-11-20(34-3)12-10-19)37-30(24)23-14-13-21(35-4)15-27(23)36-17-28(32)33/h5-15,24-25,29-30H,1,16-17H2,2-4H3,(H,32,33)/t24-,25-,29+,30-/m1/s1. The summed E-state index contributed by atoms with van der Waals surface area (Å²) in [5.41, 5.74) is 3.69. The Bertz CT molecular complexity index is 1260. The third kappa shape index (κ3) is 5.92. The van der Waals surface area contributed by atoms with Gasteiger partial charge in [-0.05, 0) is 54.8 Å². The van der Waals surface area contributed by atoms with Crippen LogP contribution in [0.25, 0.3) is 0 Å². The molecule has 1 saturated heterocycles. The van der Waals surface area contributed by atoms with E-state index in [0.29, 0.717) is 16.5 Å². The van der Waals surface area contributed by atoms with Crippen molar-refractivity contribution in [2.45, 2.75) is 31.5 Å². The lowest BCUT2D eigenvalue weighted by Gasteiger charge is -2.43. The van der Waals surface area contributed by atoms with Gasteiger partial charge in [-0.1, -0.05) is 54.1 Å². The van der Waals surface area contributed by atoms with Crippen LogP contribution in [0.5, 0.6) is 17.2 Å². The van der Waals surface area contributed by atoms with Crippen LogP contribution in [0.2, 0.25) is 5.02 Å². The summed E-state index contributed by atoms with van der Waals surface area (Å²) < 4.78 is 23.3. The molecule has 1 aliphatic rings. The number of carbonyl (C=O) groups is 1. The summed E-state index contributed by atoms with van der Waals surface area (Å²) in [7, 11) is 3.19. The minimum atomic E-state index is -1.07. The highest BCUT2D eigenvalue weighted by Gasteiger charge is 2.42. The van der Waals surface area contributed by atoms with Gasteiger partial charge in [-0.2, -0.15) is 0 Å². The highest BCUT2D eigenvalue weighted by molar-refractivity contribution is 6.31. The average Bonchev–Trinajstić information content (AvgIpc) is 2.91. The van der Waals surface area contributed by atoms with Crippen molar-refractivity contribution < 1.29 is 28.8 Å². The van der Waals surface area contributed by atoms with Crippen LogP contribution in [-0.2, 0) is 9.53 Å². The van der Waals surface area contributed by atoms with Gasteiger partial charge in [0.25, 0.3) is 0 Å². The molecule has 37 heavy (non-hydrogen) atoms. The molecule has 4 atom stereocenters. The van der Waals surface area contributed by atoms with E-state index in [2.05, 4.69) is 6.58 Å². The molecule has 0 saturated carbocycles. The minimum Gasteiger partial charge on any atom is -0.497 e. The van der Waals surface area contributed by atoms with E-state index in [4.69, 9.17) is 30.5 Å². The largest absolute Gasteiger partial charge is 0.497 e. The van der Waals surface area contributed by atoms with Crippen LogP contribution >= 0.6 is 11.6 Å². The number of benzene rings is 3. The topological polar surface area (TPSA) is 74.2 Å². The van der Waals surface area contributed by atoms with E-state index in [1.54, 1.807) is 20.3 Å². The van der Waals surface area contributed by atoms with Gasteiger partial charge in [-0.3, -0.25) is 0 Å². The van der Waals surface area contributed by atoms with E-state index in [1.165, 1.54) is 0 Å². The SMILES string of the molecule is C=C(C)[C@H]1C[C@H](c2ccccc2Cl)[C@H](c2ccc(OC)cc2)O[C@@H]1c1ccc(OC)cc1OCC(=O)O. The van der Waals surface area contributed by atoms with Gasteiger partial charge in [0, 0.05) is 28.5 Å². The molecular weight excluding hydrogens is 492 g/mol. The number of rotatable bonds is 9. The van der Waals surface area contributed by atoms with Crippen molar-refractivity contribution in [1.29, 1.82) is 0 Å². The molecule has 7 heteroatoms. The molecule has 4 rings (SSSR count). The van der Waals surface area contributed by atoms with Crippen LogP contribution in [0.15, 0.2) is 78.9 Å². The van der Waals surface area contributed by atoms with Crippen LogP contribution in [-0.4, -0.2) is 31.9 Å². The number of hydrogen-bond donors (Lipinski definition) is 1. The van der Waals surface area contributed by atoms with E-state index < -0.39 is 18.7 Å². The molecule has 1 heterocycles. The fourth-order valence-electron chi connectivity index (χ4n) is 4.93. The van der Waals surface area contributed by atoms with Gasteiger partial charge in [0.15, 0.2) is 6.61 Å². The van der Waals surface area contributed by atoms with Gasteiger partial charge in [-0.15, -0.1) is 0 Å². The second kappa shape index (κ2) is 11.7. The molecule has 0 unspecified atom stereocenters. The molecule has 194 valence electrons. The van der Waals surface area contributed by atoms with Gasteiger partial charge in [0.2, 0.25) is 0 Å². The summed E-state index contributed by atoms with van der Waals surface area (Å²) in [6, 6.07) is 21.1. The maximum atomic E-state index is 11.3. The van der Waals surface area contributed by atoms with Gasteiger partial charge in [0.05, 0.1) is 26.4 Å². The molecule has 0 aliphatic carbocycles. The second-order valence-corrected chi connectivity index (χ2v) is 9.56. The number of aliphatic carboxylic acids is 1. The minimum absolute atomic E-state index is 0.0401. The highest BCUT2D eigenvalue weighted by Crippen LogP contribution is 2.54. The molecule has 3 aromatic carbocycles. The summed E-state index contributed by atoms with van der Waals surface area (Å²) in [6.45, 7) is 5.78. The number of carboxylic acid groups (broad SMARTS) is 1. The first-order valence-electron chi connectivity index (χ1n) is 12.0. The van der Waals surface area contributed by atoms with Crippen LogP contribution in [0.1, 0.15) is 48.2 Å². The van der Waals surface area contributed by atoms with Crippen molar-refractivity contribution in [2.24, 2.45) is 5.92 Å². The van der Waals surface area contributed by atoms with Crippen LogP contribution < -0.4 is 14.2 Å². The molecule has 1 aliphatic heterocycles. The molecule has 1 N–H and O–H groups in total. The average molecular weight is 523 g/mol. The van der Waals surface area contributed by atoms with E-state index in [0.717, 1.165) is 34.4 Å². The molecule has 6 nitrogen and oxygen atoms in total. The second-order valence-electron chi connectivity index (χ2n) is 9.15. The number of methoxy groups -OCH3 is 2. The highest BCUT2D eigenvalue weighted by atomic mass is 35.5. The van der Waals surface area contributed by atoms with Crippen molar-refractivity contribution in [1.82, 2.24) is 0 Å². The number of halogens is 1. The van der Waals surface area contributed by atoms with Gasteiger partial charge < -0.3 is 24.1 Å². The molecule has 0 radical (unpaired) electrons. The van der Waals surface area contributed by atoms with Gasteiger partial charge in [-0.25, -0.2) is 4.79 Å². The molecule has 0 amide bonds.